The van der Waals surface area contributed by atoms with Gasteiger partial charge in [0.1, 0.15) is 6.20 Å². The summed E-state index contributed by atoms with van der Waals surface area (Å²) < 4.78 is 4.29. The van der Waals surface area contributed by atoms with E-state index in [1.807, 2.05) is 0 Å². The summed E-state index contributed by atoms with van der Waals surface area (Å²) in [4.78, 5) is 4.51. The van der Waals surface area contributed by atoms with Crippen molar-refractivity contribution >= 4 is 11.7 Å². The summed E-state index contributed by atoms with van der Waals surface area (Å²) in [7, 11) is 0. The van der Waals surface area contributed by atoms with Crippen molar-refractivity contribution in [3.63, 3.8) is 0 Å². The fourth-order valence-electron chi connectivity index (χ4n) is 0.744. The summed E-state index contributed by atoms with van der Waals surface area (Å²) >= 11 is 0. The second-order valence-corrected chi connectivity index (χ2v) is 2.63. The zero-order chi connectivity index (χ0) is 12.7. The number of hydroxylamine groups is 1. The summed E-state index contributed by atoms with van der Waals surface area (Å²) in [5.41, 5.74) is 5.40. The van der Waals surface area contributed by atoms with Crippen molar-refractivity contribution in [1.29, 1.82) is 0 Å². The number of oxime groups is 1. The van der Waals surface area contributed by atoms with E-state index in [1.54, 1.807) is 6.92 Å². The molecule has 2 heterocycles. The molecule has 2 rings (SSSR count). The lowest BCUT2D eigenvalue weighted by molar-refractivity contribution is -0.154. The van der Waals surface area contributed by atoms with E-state index in [0.717, 1.165) is 5.17 Å². The zero-order valence-corrected chi connectivity index (χ0v) is 8.96. The quantitative estimate of drug-likeness (QED) is 0.435. The number of nitrogens with two attached hydrogens (primary N) is 2. The smallest absolute Gasteiger partial charge is 0.237 e. The lowest BCUT2D eigenvalue weighted by atomic mass is 10.5. The van der Waals surface area contributed by atoms with Crippen LogP contribution in [-0.2, 0) is 4.94 Å². The maximum atomic E-state index is 7.57. The fraction of sp³-hybridized carbons (Fsp3) is 0.500. The van der Waals surface area contributed by atoms with Gasteiger partial charge in [-0.1, -0.05) is 5.16 Å². The molecule has 17 heavy (non-hydrogen) atoms. The number of hydrogen-bond acceptors (Lipinski definition) is 11. The second kappa shape index (κ2) is 6.47. The molecule has 11 heteroatoms. The van der Waals surface area contributed by atoms with Crippen LogP contribution in [0.2, 0.25) is 0 Å². The molecule has 11 nitrogen and oxygen atoms in total. The Kier molecular flexibility index (Phi) is 4.93. The van der Waals surface area contributed by atoms with Gasteiger partial charge in [0, 0.05) is 6.61 Å². The first-order valence-corrected chi connectivity index (χ1v) is 4.52. The van der Waals surface area contributed by atoms with E-state index in [4.69, 9.17) is 16.7 Å². The summed E-state index contributed by atoms with van der Waals surface area (Å²) in [6, 6.07) is 0. The van der Waals surface area contributed by atoms with Gasteiger partial charge in [-0.3, -0.25) is 4.94 Å². The third-order valence-electron chi connectivity index (χ3n) is 1.37. The van der Waals surface area contributed by atoms with E-state index in [9.17, 15) is 0 Å². The number of hydrazine groups is 1. The molecule has 1 aliphatic heterocycles. The van der Waals surface area contributed by atoms with Gasteiger partial charge in [0.05, 0.1) is 0 Å². The van der Waals surface area contributed by atoms with E-state index < -0.39 is 6.17 Å². The molecular formula is C6H12N8O3. The van der Waals surface area contributed by atoms with Gasteiger partial charge >= 0.3 is 0 Å². The molecule has 0 amide bonds. The van der Waals surface area contributed by atoms with Gasteiger partial charge < -0.3 is 10.8 Å². The van der Waals surface area contributed by atoms with Crippen molar-refractivity contribution in [2.75, 3.05) is 6.61 Å². The van der Waals surface area contributed by atoms with Gasteiger partial charge in [-0.15, -0.1) is 5.11 Å². The van der Waals surface area contributed by atoms with Crippen LogP contribution >= 0.6 is 0 Å². The van der Waals surface area contributed by atoms with Crippen LogP contribution in [0.1, 0.15) is 6.92 Å². The summed E-state index contributed by atoms with van der Waals surface area (Å²) in [5.74, 6) is 5.62. The normalized spacial score (nSPS) is 19.7. The molecule has 1 aromatic rings. The number of amidine groups is 1. The average Bonchev–Trinajstić information content (AvgIpc) is 2.89. The van der Waals surface area contributed by atoms with Crippen LogP contribution in [0.3, 0.4) is 0 Å². The first kappa shape index (κ1) is 13.0. The molecule has 1 aliphatic rings. The summed E-state index contributed by atoms with van der Waals surface area (Å²) in [6.45, 7) is 1.93. The van der Waals surface area contributed by atoms with E-state index in [0.29, 0.717) is 0 Å². The molecule has 1 atom stereocenters. The number of aromatic nitrogens is 2. The minimum atomic E-state index is -0.758. The Bertz CT molecular complexity index is 377. The van der Waals surface area contributed by atoms with Gasteiger partial charge in [0.2, 0.25) is 12.0 Å². The number of hydrogen-bond donors (Lipinski definition) is 3. The first-order valence-electron chi connectivity index (χ1n) is 4.52. The topological polar surface area (TPSA) is 161 Å². The fourth-order valence-corrected chi connectivity index (χ4v) is 0.744. The van der Waals surface area contributed by atoms with E-state index in [-0.39, 0.29) is 18.3 Å². The standard InChI is InChI=1S/C4H6N8O2.C2H6O/c5-3-4(12(6)14-11-3)9-8-2-1-7-13-10-2;1-2-3/h1,4H,6H2,(H2,5,11);3H,2H2,1H3. The summed E-state index contributed by atoms with van der Waals surface area (Å²) in [5, 5.41) is 25.9. The number of azo groups is 1. The van der Waals surface area contributed by atoms with Crippen LogP contribution in [-0.4, -0.2) is 39.2 Å². The molecule has 5 N–H and O–H groups in total. The molecule has 0 radical (unpaired) electrons. The first-order chi connectivity index (χ1) is 8.19. The largest absolute Gasteiger partial charge is 0.397 e. The Balaban J connectivity index is 0.000000437. The van der Waals surface area contributed by atoms with Crippen molar-refractivity contribution in [3.05, 3.63) is 6.20 Å². The Morgan fingerprint density at radius 2 is 2.35 bits per heavy atom. The highest BCUT2D eigenvalue weighted by Crippen LogP contribution is 2.10. The Hall–Kier alpha value is -2.11. The van der Waals surface area contributed by atoms with Gasteiger partial charge in [-0.05, 0) is 22.4 Å². The molecular weight excluding hydrogens is 232 g/mol. The molecule has 0 aliphatic carbocycles. The van der Waals surface area contributed by atoms with Gasteiger partial charge in [-0.2, -0.15) is 5.11 Å². The van der Waals surface area contributed by atoms with Crippen LogP contribution in [0.25, 0.3) is 0 Å². The van der Waals surface area contributed by atoms with Crippen LogP contribution in [0.15, 0.2) is 26.2 Å². The van der Waals surface area contributed by atoms with Crippen molar-refractivity contribution in [1.82, 2.24) is 15.5 Å². The molecule has 1 unspecified atom stereocenters. The average molecular weight is 244 g/mol. The molecule has 0 aromatic carbocycles. The third-order valence-corrected chi connectivity index (χ3v) is 1.37. The Morgan fingerprint density at radius 3 is 2.82 bits per heavy atom. The minimum Gasteiger partial charge on any atom is -0.397 e. The lowest BCUT2D eigenvalue weighted by Gasteiger charge is -2.08. The summed E-state index contributed by atoms with van der Waals surface area (Å²) in [6.07, 6.45) is 0.528. The number of aliphatic hydroxyl groups is 1. The van der Waals surface area contributed by atoms with Crippen LogP contribution in [0.5, 0.6) is 0 Å². The molecule has 0 bridgehead atoms. The zero-order valence-electron chi connectivity index (χ0n) is 8.96. The Labute approximate surface area is 95.6 Å². The molecule has 0 saturated heterocycles. The molecule has 0 fully saturated rings. The van der Waals surface area contributed by atoms with Crippen LogP contribution in [0, 0.1) is 0 Å². The maximum absolute atomic E-state index is 7.57. The van der Waals surface area contributed by atoms with Crippen molar-refractivity contribution in [2.24, 2.45) is 27.0 Å². The second-order valence-electron chi connectivity index (χ2n) is 2.63. The van der Waals surface area contributed by atoms with Gasteiger partial charge in [-0.25, -0.2) is 10.5 Å². The van der Waals surface area contributed by atoms with Gasteiger partial charge in [0.25, 0.3) is 0 Å². The molecule has 1 aromatic heterocycles. The van der Waals surface area contributed by atoms with Gasteiger partial charge in [0.15, 0.2) is 5.84 Å². The Morgan fingerprint density at radius 1 is 1.65 bits per heavy atom. The highest BCUT2D eigenvalue weighted by atomic mass is 16.8. The van der Waals surface area contributed by atoms with Crippen molar-refractivity contribution < 1.29 is 14.7 Å². The molecule has 0 spiro atoms. The highest BCUT2D eigenvalue weighted by Gasteiger charge is 2.27. The number of nitrogens with zero attached hydrogens (tertiary/aromatic N) is 6. The molecule has 94 valence electrons. The lowest BCUT2D eigenvalue weighted by Crippen LogP contribution is -2.41. The predicted octanol–water partition coefficient (Wildman–Crippen LogP) is -1.13. The SMILES string of the molecule is CCO.NC1=NON(N)C1N=Nc1cnon1. The maximum Gasteiger partial charge on any atom is 0.237 e. The monoisotopic (exact) mass is 244 g/mol. The van der Waals surface area contributed by atoms with E-state index >= 15 is 0 Å². The van der Waals surface area contributed by atoms with Crippen LogP contribution < -0.4 is 11.6 Å². The third kappa shape index (κ3) is 3.75. The number of rotatable bonds is 2. The highest BCUT2D eigenvalue weighted by molar-refractivity contribution is 5.85. The van der Waals surface area contributed by atoms with Crippen LogP contribution in [0.4, 0.5) is 5.82 Å². The van der Waals surface area contributed by atoms with E-state index in [1.165, 1.54) is 6.20 Å². The van der Waals surface area contributed by atoms with Crippen molar-refractivity contribution in [3.8, 4) is 0 Å². The molecule has 0 saturated carbocycles. The minimum absolute atomic E-state index is 0.104. The van der Waals surface area contributed by atoms with Crippen molar-refractivity contribution in [2.45, 2.75) is 13.1 Å². The van der Waals surface area contributed by atoms with E-state index in [2.05, 4.69) is 35.3 Å². The number of aliphatic hydroxyl groups excluding tert-OH is 1. The predicted molar refractivity (Wildman–Crippen MR) is 54.1 cm³/mol.